The van der Waals surface area contributed by atoms with E-state index in [9.17, 15) is 4.79 Å². The highest BCUT2D eigenvalue weighted by molar-refractivity contribution is 5.68. The van der Waals surface area contributed by atoms with Crippen LogP contribution in [0.15, 0.2) is 0 Å². The Morgan fingerprint density at radius 1 is 1.38 bits per heavy atom. The van der Waals surface area contributed by atoms with Gasteiger partial charge in [0, 0.05) is 19.7 Å². The highest BCUT2D eigenvalue weighted by Gasteiger charge is 2.26. The molecule has 1 aliphatic heterocycles. The van der Waals surface area contributed by atoms with Crippen molar-refractivity contribution in [1.29, 1.82) is 0 Å². The van der Waals surface area contributed by atoms with Gasteiger partial charge in [0.15, 0.2) is 0 Å². The van der Waals surface area contributed by atoms with Gasteiger partial charge in [0.2, 0.25) is 0 Å². The van der Waals surface area contributed by atoms with Gasteiger partial charge in [-0.2, -0.15) is 0 Å². The Morgan fingerprint density at radius 2 is 2.05 bits per heavy atom. The lowest BCUT2D eigenvalue weighted by Crippen LogP contribution is -2.43. The van der Waals surface area contributed by atoms with Crippen LogP contribution in [0.5, 0.6) is 0 Å². The molecule has 1 fully saturated rings. The van der Waals surface area contributed by atoms with Gasteiger partial charge in [-0.25, -0.2) is 4.79 Å². The van der Waals surface area contributed by atoms with Crippen molar-refractivity contribution in [3.8, 4) is 12.3 Å². The molecule has 5 heteroatoms. The van der Waals surface area contributed by atoms with Crippen LogP contribution in [0.2, 0.25) is 0 Å². The lowest BCUT2D eigenvalue weighted by Gasteiger charge is -2.33. The number of terminal acetylenes is 1. The second-order valence-electron chi connectivity index (χ2n) is 6.27. The average Bonchev–Trinajstić information content (AvgIpc) is 2.41. The fourth-order valence-corrected chi connectivity index (χ4v) is 2.14. The Labute approximate surface area is 128 Å². The summed E-state index contributed by atoms with van der Waals surface area (Å²) in [4.78, 5) is 13.7. The van der Waals surface area contributed by atoms with Crippen LogP contribution in [0.25, 0.3) is 0 Å². The summed E-state index contributed by atoms with van der Waals surface area (Å²) in [5.74, 6) is 2.54. The molecule has 1 N–H and O–H groups in total. The van der Waals surface area contributed by atoms with E-state index < -0.39 is 5.60 Å². The third kappa shape index (κ3) is 7.93. The molecule has 0 aromatic heterocycles. The minimum atomic E-state index is -0.435. The monoisotopic (exact) mass is 296 g/mol. The van der Waals surface area contributed by atoms with Gasteiger partial charge in [0.25, 0.3) is 0 Å². The van der Waals surface area contributed by atoms with Crippen molar-refractivity contribution in [2.45, 2.75) is 51.7 Å². The normalized spacial score (nSPS) is 16.6. The summed E-state index contributed by atoms with van der Waals surface area (Å²) in [5, 5.41) is 3.13. The molecule has 0 atom stereocenters. The molecule has 0 spiro atoms. The summed E-state index contributed by atoms with van der Waals surface area (Å²) in [6.07, 6.45) is 7.87. The molecule has 5 nitrogen and oxygen atoms in total. The molecule has 1 rings (SSSR count). The number of carbonyl (C=O) groups is 1. The van der Waals surface area contributed by atoms with Crippen LogP contribution in [0.3, 0.4) is 0 Å². The van der Waals surface area contributed by atoms with Gasteiger partial charge in [-0.1, -0.05) is 5.92 Å². The molecule has 0 aromatic rings. The van der Waals surface area contributed by atoms with Crippen molar-refractivity contribution in [2.24, 2.45) is 0 Å². The molecule has 0 bridgehead atoms. The number of ether oxygens (including phenoxy) is 2. The fourth-order valence-electron chi connectivity index (χ4n) is 2.14. The Kier molecular flexibility index (Phi) is 7.55. The van der Waals surface area contributed by atoms with Gasteiger partial charge in [-0.3, -0.25) is 0 Å². The number of nitrogens with zero attached hydrogens (tertiary/aromatic N) is 1. The smallest absolute Gasteiger partial charge is 0.410 e. The number of rotatable bonds is 6. The van der Waals surface area contributed by atoms with E-state index in [2.05, 4.69) is 11.2 Å². The maximum absolute atomic E-state index is 11.9. The number of hydrogen-bond donors (Lipinski definition) is 1. The van der Waals surface area contributed by atoms with Gasteiger partial charge >= 0.3 is 6.09 Å². The summed E-state index contributed by atoms with van der Waals surface area (Å²) in [7, 11) is 0. The van der Waals surface area contributed by atoms with Crippen LogP contribution in [0, 0.1) is 12.3 Å². The SMILES string of the molecule is C#CCNCCCOC1CCN(C(=O)OC(C)(C)C)CC1. The summed E-state index contributed by atoms with van der Waals surface area (Å²) >= 11 is 0. The molecule has 0 unspecified atom stereocenters. The molecule has 1 aliphatic rings. The van der Waals surface area contributed by atoms with Crippen molar-refractivity contribution in [3.05, 3.63) is 0 Å². The Morgan fingerprint density at radius 3 is 2.62 bits per heavy atom. The highest BCUT2D eigenvalue weighted by Crippen LogP contribution is 2.17. The Bertz CT molecular complexity index is 350. The molecule has 0 radical (unpaired) electrons. The van der Waals surface area contributed by atoms with Crippen LogP contribution in [-0.2, 0) is 9.47 Å². The molecular weight excluding hydrogens is 268 g/mol. The maximum atomic E-state index is 11.9. The van der Waals surface area contributed by atoms with Crippen LogP contribution < -0.4 is 5.32 Å². The predicted octanol–water partition coefficient (Wildman–Crippen LogP) is 2.02. The third-order valence-corrected chi connectivity index (χ3v) is 3.17. The predicted molar refractivity (Wildman–Crippen MR) is 83.1 cm³/mol. The van der Waals surface area contributed by atoms with Gasteiger partial charge < -0.3 is 19.7 Å². The Hall–Kier alpha value is -1.25. The van der Waals surface area contributed by atoms with E-state index in [1.807, 2.05) is 20.8 Å². The summed E-state index contributed by atoms with van der Waals surface area (Å²) in [6.45, 7) is 9.27. The van der Waals surface area contributed by atoms with E-state index in [1.54, 1.807) is 4.90 Å². The topological polar surface area (TPSA) is 50.8 Å². The van der Waals surface area contributed by atoms with Gasteiger partial charge in [0.05, 0.1) is 12.6 Å². The quantitative estimate of drug-likeness (QED) is 0.602. The van der Waals surface area contributed by atoms with E-state index in [-0.39, 0.29) is 12.2 Å². The molecule has 1 heterocycles. The first-order chi connectivity index (χ1) is 9.92. The van der Waals surface area contributed by atoms with Crippen LogP contribution in [0.4, 0.5) is 4.79 Å². The maximum Gasteiger partial charge on any atom is 0.410 e. The summed E-state index contributed by atoms with van der Waals surface area (Å²) in [5.41, 5.74) is -0.435. The van der Waals surface area contributed by atoms with Crippen molar-refractivity contribution >= 4 is 6.09 Å². The van der Waals surface area contributed by atoms with E-state index in [4.69, 9.17) is 15.9 Å². The summed E-state index contributed by atoms with van der Waals surface area (Å²) in [6, 6.07) is 0. The third-order valence-electron chi connectivity index (χ3n) is 3.17. The standard InChI is InChI=1S/C16H28N2O3/c1-5-9-17-10-6-13-20-14-7-11-18(12-8-14)15(19)21-16(2,3)4/h1,14,17H,6-13H2,2-4H3. The van der Waals surface area contributed by atoms with Crippen molar-refractivity contribution in [1.82, 2.24) is 10.2 Å². The molecule has 0 saturated carbocycles. The molecule has 21 heavy (non-hydrogen) atoms. The second kappa shape index (κ2) is 8.91. The fraction of sp³-hybridized carbons (Fsp3) is 0.812. The van der Waals surface area contributed by atoms with Gasteiger partial charge in [-0.15, -0.1) is 6.42 Å². The lowest BCUT2D eigenvalue weighted by atomic mass is 10.1. The number of piperidine rings is 1. The van der Waals surface area contributed by atoms with Gasteiger partial charge in [-0.05, 0) is 46.6 Å². The van der Waals surface area contributed by atoms with Crippen LogP contribution in [-0.4, -0.2) is 55.5 Å². The van der Waals surface area contributed by atoms with Crippen molar-refractivity contribution in [3.63, 3.8) is 0 Å². The van der Waals surface area contributed by atoms with E-state index >= 15 is 0 Å². The number of nitrogens with one attached hydrogen (secondary N) is 1. The van der Waals surface area contributed by atoms with E-state index in [1.165, 1.54) is 0 Å². The molecule has 0 aromatic carbocycles. The minimum Gasteiger partial charge on any atom is -0.444 e. The second-order valence-corrected chi connectivity index (χ2v) is 6.27. The van der Waals surface area contributed by atoms with Crippen molar-refractivity contribution < 1.29 is 14.3 Å². The first kappa shape index (κ1) is 17.8. The molecule has 1 amide bonds. The summed E-state index contributed by atoms with van der Waals surface area (Å²) < 4.78 is 11.2. The van der Waals surface area contributed by atoms with E-state index in [0.29, 0.717) is 19.6 Å². The van der Waals surface area contributed by atoms with E-state index in [0.717, 1.165) is 32.4 Å². The van der Waals surface area contributed by atoms with Gasteiger partial charge in [0.1, 0.15) is 5.60 Å². The zero-order chi connectivity index (χ0) is 15.7. The zero-order valence-electron chi connectivity index (χ0n) is 13.5. The number of hydrogen-bond acceptors (Lipinski definition) is 4. The largest absolute Gasteiger partial charge is 0.444 e. The van der Waals surface area contributed by atoms with Crippen LogP contribution >= 0.6 is 0 Å². The number of amides is 1. The van der Waals surface area contributed by atoms with Crippen molar-refractivity contribution in [2.75, 3.05) is 32.8 Å². The Balaban J connectivity index is 2.12. The first-order valence-electron chi connectivity index (χ1n) is 7.66. The average molecular weight is 296 g/mol. The molecule has 1 saturated heterocycles. The number of likely N-dealkylation sites (tertiary alicyclic amines) is 1. The molecule has 120 valence electrons. The first-order valence-corrected chi connectivity index (χ1v) is 7.66. The number of carbonyl (C=O) groups excluding carboxylic acids is 1. The highest BCUT2D eigenvalue weighted by atomic mass is 16.6. The minimum absolute atomic E-state index is 0.223. The zero-order valence-corrected chi connectivity index (χ0v) is 13.5. The lowest BCUT2D eigenvalue weighted by molar-refractivity contribution is -0.0116. The molecule has 0 aliphatic carbocycles. The van der Waals surface area contributed by atoms with Crippen LogP contribution in [0.1, 0.15) is 40.0 Å². The molecular formula is C16H28N2O3.